The van der Waals surface area contributed by atoms with Gasteiger partial charge in [0.2, 0.25) is 0 Å². The fraction of sp³-hybridized carbons (Fsp3) is 0.632. The van der Waals surface area contributed by atoms with Gasteiger partial charge in [-0.2, -0.15) is 0 Å². The number of ether oxygens (including phenoxy) is 3. The molecule has 6 nitrogen and oxygen atoms in total. The van der Waals surface area contributed by atoms with E-state index in [4.69, 9.17) is 14.2 Å². The van der Waals surface area contributed by atoms with Crippen LogP contribution in [-0.2, 0) is 15.9 Å². The molecular weight excluding hydrogens is 320 g/mol. The van der Waals surface area contributed by atoms with Crippen molar-refractivity contribution in [3.8, 4) is 5.75 Å². The number of nitrogens with zero attached hydrogens (tertiary/aromatic N) is 1. The largest absolute Gasteiger partial charge is 0.493 e. The van der Waals surface area contributed by atoms with Gasteiger partial charge >= 0.3 is 0 Å². The molecule has 3 aliphatic heterocycles. The zero-order valence-electron chi connectivity index (χ0n) is 14.5. The number of fused-ring (bicyclic) bond motifs is 1. The van der Waals surface area contributed by atoms with Crippen LogP contribution in [0.5, 0.6) is 5.75 Å². The molecule has 1 N–H and O–H groups in total. The van der Waals surface area contributed by atoms with Gasteiger partial charge in [-0.3, -0.25) is 9.69 Å². The first-order chi connectivity index (χ1) is 12.3. The summed E-state index contributed by atoms with van der Waals surface area (Å²) in [6.45, 7) is 6.35. The van der Waals surface area contributed by atoms with Gasteiger partial charge < -0.3 is 19.5 Å². The van der Waals surface area contributed by atoms with Crippen molar-refractivity contribution in [3.63, 3.8) is 0 Å². The number of amides is 1. The molecule has 0 saturated carbocycles. The lowest BCUT2D eigenvalue weighted by molar-refractivity contribution is 0.00166. The molecule has 3 heterocycles. The lowest BCUT2D eigenvalue weighted by Crippen LogP contribution is -2.52. The normalized spacial score (nSPS) is 24.6. The van der Waals surface area contributed by atoms with E-state index in [1.54, 1.807) is 0 Å². The number of hydrogen-bond acceptors (Lipinski definition) is 5. The molecule has 25 heavy (non-hydrogen) atoms. The van der Waals surface area contributed by atoms with Crippen LogP contribution in [0, 0.1) is 5.92 Å². The number of rotatable bonds is 5. The number of carbonyl (C=O) groups is 1. The Balaban J connectivity index is 1.40. The Kier molecular flexibility index (Phi) is 5.20. The van der Waals surface area contributed by atoms with Crippen molar-refractivity contribution in [2.24, 2.45) is 5.92 Å². The van der Waals surface area contributed by atoms with Crippen molar-refractivity contribution >= 4 is 5.91 Å². The topological polar surface area (TPSA) is 60.0 Å². The molecule has 1 aromatic carbocycles. The number of hydrogen-bond donors (Lipinski definition) is 1. The Morgan fingerprint density at radius 3 is 2.88 bits per heavy atom. The van der Waals surface area contributed by atoms with Gasteiger partial charge in [-0.15, -0.1) is 0 Å². The summed E-state index contributed by atoms with van der Waals surface area (Å²) in [6, 6.07) is 6.02. The molecule has 0 bridgehead atoms. The van der Waals surface area contributed by atoms with E-state index in [0.29, 0.717) is 30.7 Å². The molecule has 1 amide bonds. The van der Waals surface area contributed by atoms with Crippen LogP contribution in [0.4, 0.5) is 0 Å². The Morgan fingerprint density at radius 2 is 2.08 bits per heavy atom. The minimum atomic E-state index is -0.00752. The number of morpholine rings is 1. The molecule has 2 fully saturated rings. The van der Waals surface area contributed by atoms with Gasteiger partial charge in [-0.05, 0) is 30.2 Å². The maximum Gasteiger partial charge on any atom is 0.251 e. The summed E-state index contributed by atoms with van der Waals surface area (Å²) < 4.78 is 16.6. The van der Waals surface area contributed by atoms with Gasteiger partial charge in [0.25, 0.3) is 5.91 Å². The molecule has 0 unspecified atom stereocenters. The first-order valence-electron chi connectivity index (χ1n) is 9.25. The van der Waals surface area contributed by atoms with Gasteiger partial charge in [0.1, 0.15) is 5.75 Å². The number of nitrogens with one attached hydrogen (secondary N) is 1. The summed E-state index contributed by atoms with van der Waals surface area (Å²) in [7, 11) is 0. The summed E-state index contributed by atoms with van der Waals surface area (Å²) in [5.74, 6) is 1.38. The molecule has 3 aliphatic rings. The second kappa shape index (κ2) is 7.72. The summed E-state index contributed by atoms with van der Waals surface area (Å²) in [4.78, 5) is 15.1. The van der Waals surface area contributed by atoms with E-state index in [0.717, 1.165) is 63.7 Å². The fourth-order valence-corrected chi connectivity index (χ4v) is 3.99. The first kappa shape index (κ1) is 16.8. The molecule has 136 valence electrons. The van der Waals surface area contributed by atoms with Crippen LogP contribution in [0.3, 0.4) is 0 Å². The molecule has 0 spiro atoms. The van der Waals surface area contributed by atoms with Crippen LogP contribution in [-0.4, -0.2) is 69.5 Å². The molecule has 4 rings (SSSR count). The van der Waals surface area contributed by atoms with E-state index in [1.807, 2.05) is 18.2 Å². The first-order valence-corrected chi connectivity index (χ1v) is 9.25. The average molecular weight is 346 g/mol. The van der Waals surface area contributed by atoms with Gasteiger partial charge in [-0.25, -0.2) is 0 Å². The standard InChI is InChI=1S/C19H26N2O4/c22-19(15-1-2-18-14(11-15)4-8-25-18)20-12-17(16-3-7-24-13-16)21-5-9-23-10-6-21/h1-2,11,16-17H,3-10,12-13H2,(H,20,22)/t16-,17-/m1/s1. The van der Waals surface area contributed by atoms with Crippen molar-refractivity contribution in [1.29, 1.82) is 0 Å². The van der Waals surface area contributed by atoms with Crippen molar-refractivity contribution in [3.05, 3.63) is 29.3 Å². The molecule has 1 aromatic rings. The van der Waals surface area contributed by atoms with E-state index in [-0.39, 0.29) is 5.91 Å². The van der Waals surface area contributed by atoms with E-state index in [1.165, 1.54) is 0 Å². The van der Waals surface area contributed by atoms with Gasteiger partial charge in [0.05, 0.1) is 26.4 Å². The van der Waals surface area contributed by atoms with Crippen LogP contribution < -0.4 is 10.1 Å². The van der Waals surface area contributed by atoms with E-state index < -0.39 is 0 Å². The maximum absolute atomic E-state index is 12.6. The van der Waals surface area contributed by atoms with Crippen LogP contribution >= 0.6 is 0 Å². The van der Waals surface area contributed by atoms with Crippen LogP contribution in [0.15, 0.2) is 18.2 Å². The van der Waals surface area contributed by atoms with Gasteiger partial charge in [0, 0.05) is 50.2 Å². The Bertz CT molecular complexity index is 609. The highest BCUT2D eigenvalue weighted by Crippen LogP contribution is 2.26. The monoisotopic (exact) mass is 346 g/mol. The third-order valence-electron chi connectivity index (χ3n) is 5.45. The van der Waals surface area contributed by atoms with Crippen molar-refractivity contribution in [1.82, 2.24) is 10.2 Å². The molecular formula is C19H26N2O4. The third-order valence-corrected chi connectivity index (χ3v) is 5.45. The predicted octanol–water partition coefficient (Wildman–Crippen LogP) is 1.09. The minimum Gasteiger partial charge on any atom is -0.493 e. The number of benzene rings is 1. The second-order valence-electron chi connectivity index (χ2n) is 6.97. The Labute approximate surface area is 148 Å². The van der Waals surface area contributed by atoms with Crippen LogP contribution in [0.2, 0.25) is 0 Å². The zero-order valence-corrected chi connectivity index (χ0v) is 14.5. The molecule has 2 atom stereocenters. The van der Waals surface area contributed by atoms with Gasteiger partial charge in [-0.1, -0.05) is 0 Å². The molecule has 0 radical (unpaired) electrons. The fourth-order valence-electron chi connectivity index (χ4n) is 3.99. The predicted molar refractivity (Wildman–Crippen MR) is 93.1 cm³/mol. The third kappa shape index (κ3) is 3.81. The molecule has 0 aromatic heterocycles. The molecule has 0 aliphatic carbocycles. The number of carbonyl (C=O) groups excluding carboxylic acids is 1. The summed E-state index contributed by atoms with van der Waals surface area (Å²) in [5.41, 5.74) is 1.84. The lowest BCUT2D eigenvalue weighted by atomic mass is 9.96. The summed E-state index contributed by atoms with van der Waals surface area (Å²) >= 11 is 0. The molecule has 2 saturated heterocycles. The highest BCUT2D eigenvalue weighted by atomic mass is 16.5. The van der Waals surface area contributed by atoms with Crippen LogP contribution in [0.1, 0.15) is 22.3 Å². The highest BCUT2D eigenvalue weighted by molar-refractivity contribution is 5.94. The average Bonchev–Trinajstić information content (AvgIpc) is 3.34. The minimum absolute atomic E-state index is 0.00752. The zero-order chi connectivity index (χ0) is 17.1. The quantitative estimate of drug-likeness (QED) is 0.865. The van der Waals surface area contributed by atoms with E-state index >= 15 is 0 Å². The Morgan fingerprint density at radius 1 is 1.20 bits per heavy atom. The van der Waals surface area contributed by atoms with Crippen molar-refractivity contribution < 1.29 is 19.0 Å². The van der Waals surface area contributed by atoms with E-state index in [2.05, 4.69) is 10.2 Å². The summed E-state index contributed by atoms with van der Waals surface area (Å²) in [5, 5.41) is 3.15. The lowest BCUT2D eigenvalue weighted by Gasteiger charge is -2.37. The van der Waals surface area contributed by atoms with Crippen molar-refractivity contribution in [2.45, 2.75) is 18.9 Å². The second-order valence-corrected chi connectivity index (χ2v) is 6.97. The SMILES string of the molecule is O=C(NC[C@H]([C@@H]1CCOC1)N1CCOCC1)c1ccc2c(c1)CCO2. The Hall–Kier alpha value is -1.63. The van der Waals surface area contributed by atoms with E-state index in [9.17, 15) is 4.79 Å². The summed E-state index contributed by atoms with van der Waals surface area (Å²) in [6.07, 6.45) is 1.94. The molecule has 6 heteroatoms. The van der Waals surface area contributed by atoms with Gasteiger partial charge in [0.15, 0.2) is 0 Å². The van der Waals surface area contributed by atoms with Crippen LogP contribution in [0.25, 0.3) is 0 Å². The van der Waals surface area contributed by atoms with Crippen molar-refractivity contribution in [2.75, 3.05) is 52.7 Å². The highest BCUT2D eigenvalue weighted by Gasteiger charge is 2.31. The maximum atomic E-state index is 12.6. The smallest absolute Gasteiger partial charge is 0.251 e.